The predicted molar refractivity (Wildman–Crippen MR) is 68.1 cm³/mol. The number of nitrogen functional groups attached to an aromatic ring is 1. The first-order chi connectivity index (χ1) is 8.35. The van der Waals surface area contributed by atoms with Crippen LogP contribution in [-0.2, 0) is 25.3 Å². The molecule has 18 heavy (non-hydrogen) atoms. The number of benzene rings is 1. The standard InChI is InChI=1S/C11H16N2O4S/c1-13(7-11(14)17-2)18(15,16)8-9-4-3-5-10(12)6-9/h3-6H,7-8,12H2,1-2H3. The molecule has 0 atom stereocenters. The fourth-order valence-corrected chi connectivity index (χ4v) is 2.47. The van der Waals surface area contributed by atoms with E-state index in [1.54, 1.807) is 24.3 Å². The van der Waals surface area contributed by atoms with Crippen LogP contribution in [0.25, 0.3) is 0 Å². The Morgan fingerprint density at radius 3 is 2.67 bits per heavy atom. The number of hydrogen-bond donors (Lipinski definition) is 1. The zero-order valence-electron chi connectivity index (χ0n) is 10.3. The number of sulfonamides is 1. The second-order valence-electron chi connectivity index (χ2n) is 3.83. The Kier molecular flexibility index (Phi) is 4.69. The summed E-state index contributed by atoms with van der Waals surface area (Å²) >= 11 is 0. The topological polar surface area (TPSA) is 89.7 Å². The molecule has 0 aliphatic carbocycles. The monoisotopic (exact) mass is 272 g/mol. The summed E-state index contributed by atoms with van der Waals surface area (Å²) in [6.45, 7) is -0.304. The summed E-state index contributed by atoms with van der Waals surface area (Å²) in [5.41, 5.74) is 6.65. The summed E-state index contributed by atoms with van der Waals surface area (Å²) in [5, 5.41) is 0. The minimum Gasteiger partial charge on any atom is -0.468 e. The molecule has 0 spiro atoms. The van der Waals surface area contributed by atoms with Crippen LogP contribution in [0.1, 0.15) is 5.56 Å². The number of carbonyl (C=O) groups excluding carboxylic acids is 1. The van der Waals surface area contributed by atoms with Gasteiger partial charge in [0.1, 0.15) is 6.54 Å². The average molecular weight is 272 g/mol. The number of esters is 1. The van der Waals surface area contributed by atoms with Gasteiger partial charge in [-0.3, -0.25) is 4.79 Å². The maximum Gasteiger partial charge on any atom is 0.320 e. The van der Waals surface area contributed by atoms with Crippen LogP contribution in [0.5, 0.6) is 0 Å². The third kappa shape index (κ3) is 4.01. The van der Waals surface area contributed by atoms with Crippen molar-refractivity contribution in [2.24, 2.45) is 0 Å². The van der Waals surface area contributed by atoms with Gasteiger partial charge in [-0.15, -0.1) is 0 Å². The summed E-state index contributed by atoms with van der Waals surface area (Å²) in [6, 6.07) is 6.61. The highest BCUT2D eigenvalue weighted by Crippen LogP contribution is 2.12. The lowest BCUT2D eigenvalue weighted by molar-refractivity contribution is -0.140. The van der Waals surface area contributed by atoms with Crippen LogP contribution < -0.4 is 5.73 Å². The SMILES string of the molecule is COC(=O)CN(C)S(=O)(=O)Cc1cccc(N)c1. The molecule has 1 rings (SSSR count). The van der Waals surface area contributed by atoms with Crippen LogP contribution >= 0.6 is 0 Å². The first kappa shape index (κ1) is 14.5. The number of ether oxygens (including phenoxy) is 1. The molecule has 0 aliphatic heterocycles. The van der Waals surface area contributed by atoms with Crippen molar-refractivity contribution in [3.05, 3.63) is 29.8 Å². The van der Waals surface area contributed by atoms with Gasteiger partial charge in [0.2, 0.25) is 10.0 Å². The zero-order valence-corrected chi connectivity index (χ0v) is 11.1. The van der Waals surface area contributed by atoms with E-state index in [0.29, 0.717) is 11.3 Å². The van der Waals surface area contributed by atoms with Gasteiger partial charge >= 0.3 is 5.97 Å². The van der Waals surface area contributed by atoms with E-state index in [1.165, 1.54) is 14.2 Å². The smallest absolute Gasteiger partial charge is 0.320 e. The van der Waals surface area contributed by atoms with Crippen LogP contribution in [0.4, 0.5) is 5.69 Å². The molecule has 0 amide bonds. The molecule has 0 bridgehead atoms. The molecule has 0 radical (unpaired) electrons. The molecular formula is C11H16N2O4S. The molecule has 6 nitrogen and oxygen atoms in total. The third-order valence-corrected chi connectivity index (χ3v) is 4.13. The average Bonchev–Trinajstić information content (AvgIpc) is 2.28. The molecule has 0 aromatic heterocycles. The Morgan fingerprint density at radius 1 is 1.44 bits per heavy atom. The number of carbonyl (C=O) groups is 1. The molecule has 0 saturated carbocycles. The summed E-state index contributed by atoms with van der Waals surface area (Å²) in [7, 11) is -1.02. The zero-order chi connectivity index (χ0) is 13.8. The van der Waals surface area contributed by atoms with Crippen LogP contribution in [0, 0.1) is 0 Å². The summed E-state index contributed by atoms with van der Waals surface area (Å²) in [4.78, 5) is 11.0. The van der Waals surface area contributed by atoms with Crippen LogP contribution in [-0.4, -0.2) is 39.4 Å². The van der Waals surface area contributed by atoms with Gasteiger partial charge in [-0.05, 0) is 17.7 Å². The number of methoxy groups -OCH3 is 1. The van der Waals surface area contributed by atoms with Crippen molar-refractivity contribution >= 4 is 21.7 Å². The number of anilines is 1. The minimum atomic E-state index is -3.56. The van der Waals surface area contributed by atoms with Gasteiger partial charge in [0.15, 0.2) is 0 Å². The van der Waals surface area contributed by atoms with Gasteiger partial charge in [0.25, 0.3) is 0 Å². The van der Waals surface area contributed by atoms with Crippen molar-refractivity contribution in [2.45, 2.75) is 5.75 Å². The van der Waals surface area contributed by atoms with Gasteiger partial charge in [-0.1, -0.05) is 12.1 Å². The fourth-order valence-electron chi connectivity index (χ4n) is 1.35. The van der Waals surface area contributed by atoms with E-state index < -0.39 is 16.0 Å². The second-order valence-corrected chi connectivity index (χ2v) is 5.91. The Morgan fingerprint density at radius 2 is 2.11 bits per heavy atom. The first-order valence-electron chi connectivity index (χ1n) is 5.20. The van der Waals surface area contributed by atoms with Crippen LogP contribution in [0.15, 0.2) is 24.3 Å². The van der Waals surface area contributed by atoms with Crippen molar-refractivity contribution in [1.82, 2.24) is 4.31 Å². The number of hydrogen-bond acceptors (Lipinski definition) is 5. The van der Waals surface area contributed by atoms with Crippen molar-refractivity contribution in [1.29, 1.82) is 0 Å². The number of likely N-dealkylation sites (N-methyl/N-ethyl adjacent to an activating group) is 1. The molecule has 1 aromatic rings. The predicted octanol–water partition coefficient (Wildman–Crippen LogP) is 0.203. The normalized spacial score (nSPS) is 11.5. The molecular weight excluding hydrogens is 256 g/mol. The lowest BCUT2D eigenvalue weighted by atomic mass is 10.2. The molecule has 0 fully saturated rings. The van der Waals surface area contributed by atoms with E-state index in [0.717, 1.165) is 4.31 Å². The van der Waals surface area contributed by atoms with Crippen LogP contribution in [0.2, 0.25) is 0 Å². The minimum absolute atomic E-state index is 0.203. The van der Waals surface area contributed by atoms with E-state index in [-0.39, 0.29) is 12.3 Å². The van der Waals surface area contributed by atoms with E-state index in [2.05, 4.69) is 4.74 Å². The van der Waals surface area contributed by atoms with Gasteiger partial charge in [0, 0.05) is 12.7 Å². The molecule has 0 unspecified atom stereocenters. The Labute approximate surface area is 106 Å². The van der Waals surface area contributed by atoms with Gasteiger partial charge < -0.3 is 10.5 Å². The molecule has 2 N–H and O–H groups in total. The van der Waals surface area contributed by atoms with Crippen molar-refractivity contribution < 1.29 is 17.9 Å². The quantitative estimate of drug-likeness (QED) is 0.611. The van der Waals surface area contributed by atoms with Gasteiger partial charge in [0.05, 0.1) is 12.9 Å². The van der Waals surface area contributed by atoms with Crippen molar-refractivity contribution in [3.8, 4) is 0 Å². The molecule has 0 saturated heterocycles. The van der Waals surface area contributed by atoms with E-state index >= 15 is 0 Å². The van der Waals surface area contributed by atoms with Gasteiger partial charge in [-0.25, -0.2) is 8.42 Å². The highest BCUT2D eigenvalue weighted by Gasteiger charge is 2.21. The molecule has 0 heterocycles. The maximum atomic E-state index is 11.9. The van der Waals surface area contributed by atoms with Gasteiger partial charge in [-0.2, -0.15) is 4.31 Å². The lowest BCUT2D eigenvalue weighted by Crippen LogP contribution is -2.33. The fraction of sp³-hybridized carbons (Fsp3) is 0.364. The summed E-state index contributed by atoms with van der Waals surface area (Å²) < 4.78 is 29.3. The third-order valence-electron chi connectivity index (χ3n) is 2.35. The highest BCUT2D eigenvalue weighted by molar-refractivity contribution is 7.88. The number of rotatable bonds is 5. The molecule has 7 heteroatoms. The Bertz CT molecular complexity index is 528. The largest absolute Gasteiger partial charge is 0.468 e. The Hall–Kier alpha value is -1.60. The lowest BCUT2D eigenvalue weighted by Gasteiger charge is -2.15. The molecule has 1 aromatic carbocycles. The van der Waals surface area contributed by atoms with E-state index in [4.69, 9.17) is 5.73 Å². The first-order valence-corrected chi connectivity index (χ1v) is 6.81. The summed E-state index contributed by atoms with van der Waals surface area (Å²) in [6.07, 6.45) is 0. The second kappa shape index (κ2) is 5.83. The number of nitrogens with two attached hydrogens (primary N) is 1. The Balaban J connectivity index is 2.78. The maximum absolute atomic E-state index is 11.9. The van der Waals surface area contributed by atoms with Crippen molar-refractivity contribution in [3.63, 3.8) is 0 Å². The van der Waals surface area contributed by atoms with Crippen LogP contribution in [0.3, 0.4) is 0 Å². The van der Waals surface area contributed by atoms with E-state index in [9.17, 15) is 13.2 Å². The highest BCUT2D eigenvalue weighted by atomic mass is 32.2. The van der Waals surface area contributed by atoms with Crippen molar-refractivity contribution in [2.75, 3.05) is 26.4 Å². The molecule has 0 aliphatic rings. The molecule has 100 valence electrons. The number of nitrogens with zero attached hydrogens (tertiary/aromatic N) is 1. The summed E-state index contributed by atoms with van der Waals surface area (Å²) in [5.74, 6) is -0.806. The van der Waals surface area contributed by atoms with E-state index in [1.807, 2.05) is 0 Å².